The molecule has 0 aliphatic rings. The molecule has 5 heteroatoms. The highest BCUT2D eigenvalue weighted by Gasteiger charge is 2.01. The second kappa shape index (κ2) is 8.27. The number of fused-ring (bicyclic) bond motifs is 1. The van der Waals surface area contributed by atoms with Crippen LogP contribution < -0.4 is 4.74 Å². The number of nitrogens with zero attached hydrogens (tertiary/aromatic N) is 1. The maximum atomic E-state index is 5.84. The number of nitrogens with one attached hydrogen (secondary N) is 1. The van der Waals surface area contributed by atoms with Gasteiger partial charge in [0.15, 0.2) is 0 Å². The Balaban J connectivity index is 1.30. The van der Waals surface area contributed by atoms with Gasteiger partial charge in [0.05, 0.1) is 23.4 Å². The molecule has 3 aromatic rings. The molecule has 0 amide bonds. The fourth-order valence-electron chi connectivity index (χ4n) is 2.27. The summed E-state index contributed by atoms with van der Waals surface area (Å²) in [6.07, 6.45) is 2.19. The summed E-state index contributed by atoms with van der Waals surface area (Å²) < 4.78 is 5.68. The lowest BCUT2D eigenvalue weighted by Gasteiger charge is -2.05. The van der Waals surface area contributed by atoms with E-state index in [4.69, 9.17) is 16.3 Å². The van der Waals surface area contributed by atoms with E-state index in [-0.39, 0.29) is 0 Å². The van der Waals surface area contributed by atoms with Crippen LogP contribution in [0, 0.1) is 0 Å². The first-order valence-electron chi connectivity index (χ1n) is 7.71. The highest BCUT2D eigenvalue weighted by molar-refractivity contribution is 7.98. The molecule has 1 aromatic heterocycles. The molecule has 0 saturated heterocycles. The molecular formula is C18H19ClN2OS. The Hall–Kier alpha value is -1.65. The van der Waals surface area contributed by atoms with E-state index in [9.17, 15) is 0 Å². The highest BCUT2D eigenvalue weighted by atomic mass is 35.5. The predicted octanol–water partition coefficient (Wildman–Crippen LogP) is 5.31. The monoisotopic (exact) mass is 346 g/mol. The third-order valence-electron chi connectivity index (χ3n) is 3.44. The number of aromatic nitrogens is 2. The normalized spacial score (nSPS) is 11.0. The number of aromatic amines is 1. The van der Waals surface area contributed by atoms with Crippen LogP contribution in [-0.2, 0) is 5.75 Å². The summed E-state index contributed by atoms with van der Waals surface area (Å²) in [6, 6.07) is 15.6. The Labute approximate surface area is 145 Å². The van der Waals surface area contributed by atoms with E-state index in [1.165, 1.54) is 0 Å². The SMILES string of the molecule is Clc1ccc(OCCCCSCc2nc3ccccc3[nH]2)cc1. The van der Waals surface area contributed by atoms with Gasteiger partial charge >= 0.3 is 0 Å². The lowest BCUT2D eigenvalue weighted by atomic mass is 10.3. The van der Waals surface area contributed by atoms with Crippen molar-refractivity contribution in [2.24, 2.45) is 0 Å². The van der Waals surface area contributed by atoms with Crippen molar-refractivity contribution in [1.82, 2.24) is 9.97 Å². The van der Waals surface area contributed by atoms with Gasteiger partial charge in [-0.15, -0.1) is 0 Å². The van der Waals surface area contributed by atoms with Crippen molar-refractivity contribution in [2.45, 2.75) is 18.6 Å². The van der Waals surface area contributed by atoms with Crippen molar-refractivity contribution < 1.29 is 4.74 Å². The second-order valence-corrected chi connectivity index (χ2v) is 6.80. The van der Waals surface area contributed by atoms with Crippen molar-refractivity contribution in [3.05, 3.63) is 59.4 Å². The largest absolute Gasteiger partial charge is 0.494 e. The molecule has 0 aliphatic carbocycles. The van der Waals surface area contributed by atoms with Gasteiger partial charge in [-0.05, 0) is 55.0 Å². The first-order valence-corrected chi connectivity index (χ1v) is 9.24. The summed E-state index contributed by atoms with van der Waals surface area (Å²) in [5, 5.41) is 0.735. The quantitative estimate of drug-likeness (QED) is 0.562. The number of H-pyrrole nitrogens is 1. The molecule has 1 N–H and O–H groups in total. The molecule has 0 spiro atoms. The van der Waals surface area contributed by atoms with E-state index in [0.717, 1.165) is 58.6 Å². The smallest absolute Gasteiger partial charge is 0.119 e. The maximum absolute atomic E-state index is 5.84. The minimum atomic E-state index is 0.735. The Morgan fingerprint density at radius 3 is 2.70 bits per heavy atom. The Bertz CT molecular complexity index is 709. The van der Waals surface area contributed by atoms with E-state index in [2.05, 4.69) is 16.0 Å². The second-order valence-electron chi connectivity index (χ2n) is 5.26. The molecule has 0 unspecified atom stereocenters. The maximum Gasteiger partial charge on any atom is 0.119 e. The zero-order valence-corrected chi connectivity index (χ0v) is 14.4. The number of imidazole rings is 1. The van der Waals surface area contributed by atoms with Gasteiger partial charge in [-0.2, -0.15) is 11.8 Å². The van der Waals surface area contributed by atoms with Crippen molar-refractivity contribution in [2.75, 3.05) is 12.4 Å². The lowest BCUT2D eigenvalue weighted by Crippen LogP contribution is -1.98. The lowest BCUT2D eigenvalue weighted by molar-refractivity contribution is 0.310. The average molecular weight is 347 g/mol. The first kappa shape index (κ1) is 16.2. The van der Waals surface area contributed by atoms with Gasteiger partial charge in [-0.3, -0.25) is 0 Å². The van der Waals surface area contributed by atoms with E-state index in [0.29, 0.717) is 0 Å². The third-order valence-corrected chi connectivity index (χ3v) is 4.75. The number of para-hydroxylation sites is 2. The van der Waals surface area contributed by atoms with Crippen LogP contribution in [0.15, 0.2) is 48.5 Å². The van der Waals surface area contributed by atoms with Gasteiger partial charge in [0, 0.05) is 5.02 Å². The molecule has 0 bridgehead atoms. The average Bonchev–Trinajstić information content (AvgIpc) is 2.98. The van der Waals surface area contributed by atoms with Crippen molar-refractivity contribution in [3.8, 4) is 5.75 Å². The number of unbranched alkanes of at least 4 members (excludes halogenated alkanes) is 1. The fourth-order valence-corrected chi connectivity index (χ4v) is 3.28. The molecule has 0 saturated carbocycles. The Morgan fingerprint density at radius 2 is 1.87 bits per heavy atom. The van der Waals surface area contributed by atoms with Crippen LogP contribution >= 0.6 is 23.4 Å². The summed E-state index contributed by atoms with van der Waals surface area (Å²) in [4.78, 5) is 7.94. The van der Waals surface area contributed by atoms with Crippen LogP contribution in [0.3, 0.4) is 0 Å². The van der Waals surface area contributed by atoms with Crippen LogP contribution in [0.5, 0.6) is 5.75 Å². The van der Waals surface area contributed by atoms with Crippen LogP contribution in [0.1, 0.15) is 18.7 Å². The van der Waals surface area contributed by atoms with Crippen LogP contribution in [0.2, 0.25) is 5.02 Å². The molecule has 1 heterocycles. The molecular weight excluding hydrogens is 328 g/mol. The molecule has 0 fully saturated rings. The van der Waals surface area contributed by atoms with Crippen LogP contribution in [-0.4, -0.2) is 22.3 Å². The minimum Gasteiger partial charge on any atom is -0.494 e. The molecule has 2 aromatic carbocycles. The highest BCUT2D eigenvalue weighted by Crippen LogP contribution is 2.17. The predicted molar refractivity (Wildman–Crippen MR) is 98.4 cm³/mol. The topological polar surface area (TPSA) is 37.9 Å². The summed E-state index contributed by atoms with van der Waals surface area (Å²) in [5.74, 6) is 3.96. The van der Waals surface area contributed by atoms with Crippen LogP contribution in [0.25, 0.3) is 11.0 Å². The standard InChI is InChI=1S/C18H19ClN2OS/c19-14-7-9-15(10-8-14)22-11-3-4-12-23-13-18-20-16-5-1-2-6-17(16)21-18/h1-2,5-10H,3-4,11-13H2,(H,20,21). The van der Waals surface area contributed by atoms with E-state index in [1.807, 2.05) is 54.2 Å². The molecule has 0 aliphatic heterocycles. The fraction of sp³-hybridized carbons (Fsp3) is 0.278. The number of benzene rings is 2. The molecule has 3 nitrogen and oxygen atoms in total. The zero-order valence-electron chi connectivity index (χ0n) is 12.8. The minimum absolute atomic E-state index is 0.735. The summed E-state index contributed by atoms with van der Waals surface area (Å²) in [7, 11) is 0. The Morgan fingerprint density at radius 1 is 1.04 bits per heavy atom. The van der Waals surface area contributed by atoms with E-state index in [1.54, 1.807) is 0 Å². The number of hydrogen-bond donors (Lipinski definition) is 1. The molecule has 0 radical (unpaired) electrons. The summed E-state index contributed by atoms with van der Waals surface area (Å²) in [5.41, 5.74) is 2.15. The van der Waals surface area contributed by atoms with Gasteiger partial charge in [-0.25, -0.2) is 4.98 Å². The number of halogens is 1. The Kier molecular flexibility index (Phi) is 5.83. The molecule has 0 atom stereocenters. The van der Waals surface area contributed by atoms with Crippen LogP contribution in [0.4, 0.5) is 0 Å². The molecule has 120 valence electrons. The van der Waals surface area contributed by atoms with E-state index < -0.39 is 0 Å². The number of thioether (sulfide) groups is 1. The van der Waals surface area contributed by atoms with Crippen molar-refractivity contribution in [3.63, 3.8) is 0 Å². The number of rotatable bonds is 8. The van der Waals surface area contributed by atoms with E-state index >= 15 is 0 Å². The van der Waals surface area contributed by atoms with Gasteiger partial charge < -0.3 is 9.72 Å². The zero-order chi connectivity index (χ0) is 15.9. The van der Waals surface area contributed by atoms with Crippen molar-refractivity contribution in [1.29, 1.82) is 0 Å². The summed E-state index contributed by atoms with van der Waals surface area (Å²) in [6.45, 7) is 0.743. The third kappa shape index (κ3) is 4.91. The number of ether oxygens (including phenoxy) is 1. The van der Waals surface area contributed by atoms with Gasteiger partial charge in [0.1, 0.15) is 11.6 Å². The first-order chi connectivity index (χ1) is 11.3. The van der Waals surface area contributed by atoms with Gasteiger partial charge in [0.25, 0.3) is 0 Å². The van der Waals surface area contributed by atoms with Crippen molar-refractivity contribution >= 4 is 34.4 Å². The van der Waals surface area contributed by atoms with Gasteiger partial charge in [0.2, 0.25) is 0 Å². The molecule has 23 heavy (non-hydrogen) atoms. The summed E-state index contributed by atoms with van der Waals surface area (Å²) >= 11 is 7.74. The number of hydrogen-bond acceptors (Lipinski definition) is 3. The van der Waals surface area contributed by atoms with Gasteiger partial charge in [-0.1, -0.05) is 23.7 Å². The molecule has 3 rings (SSSR count).